The van der Waals surface area contributed by atoms with Crippen LogP contribution < -0.4 is 0 Å². The van der Waals surface area contributed by atoms with Gasteiger partial charge in [-0.15, -0.1) is 0 Å². The van der Waals surface area contributed by atoms with Crippen LogP contribution >= 0.6 is 15.9 Å². The lowest BCUT2D eigenvalue weighted by molar-refractivity contribution is 0.0600. The van der Waals surface area contributed by atoms with E-state index < -0.39 is 0 Å². The van der Waals surface area contributed by atoms with Crippen molar-refractivity contribution in [2.75, 3.05) is 20.2 Å². The first-order chi connectivity index (χ1) is 8.12. The summed E-state index contributed by atoms with van der Waals surface area (Å²) in [6.45, 7) is 7.19. The summed E-state index contributed by atoms with van der Waals surface area (Å²) in [6.07, 6.45) is 0. The number of esters is 1. The summed E-state index contributed by atoms with van der Waals surface area (Å²) in [5, 5.41) is 0. The Hall–Kier alpha value is -0.870. The molecule has 4 heteroatoms. The van der Waals surface area contributed by atoms with Crippen LogP contribution in [0.3, 0.4) is 0 Å². The van der Waals surface area contributed by atoms with E-state index in [0.29, 0.717) is 5.56 Å². The van der Waals surface area contributed by atoms with Gasteiger partial charge < -0.3 is 4.74 Å². The average Bonchev–Trinajstić information content (AvgIpc) is 2.36. The molecule has 0 bridgehead atoms. The maximum Gasteiger partial charge on any atom is 0.337 e. The Morgan fingerprint density at radius 1 is 1.35 bits per heavy atom. The molecule has 0 saturated heterocycles. The topological polar surface area (TPSA) is 29.5 Å². The Labute approximate surface area is 111 Å². The van der Waals surface area contributed by atoms with Crippen molar-refractivity contribution in [2.45, 2.75) is 20.4 Å². The van der Waals surface area contributed by atoms with E-state index in [2.05, 4.69) is 39.4 Å². The average molecular weight is 300 g/mol. The van der Waals surface area contributed by atoms with E-state index >= 15 is 0 Å². The Balaban J connectivity index is 2.86. The summed E-state index contributed by atoms with van der Waals surface area (Å²) in [6, 6.07) is 5.58. The monoisotopic (exact) mass is 299 g/mol. The normalized spacial score (nSPS) is 10.6. The molecule has 0 heterocycles. The molecule has 0 unspecified atom stereocenters. The number of methoxy groups -OCH3 is 1. The summed E-state index contributed by atoms with van der Waals surface area (Å²) in [7, 11) is 1.39. The number of carbonyl (C=O) groups is 1. The van der Waals surface area contributed by atoms with E-state index in [1.807, 2.05) is 12.1 Å². The van der Waals surface area contributed by atoms with Gasteiger partial charge in [-0.05, 0) is 30.8 Å². The summed E-state index contributed by atoms with van der Waals surface area (Å²) in [5.74, 6) is -0.305. The van der Waals surface area contributed by atoms with Crippen LogP contribution in [0.2, 0.25) is 0 Å². The van der Waals surface area contributed by atoms with Gasteiger partial charge in [-0.2, -0.15) is 0 Å². The number of rotatable bonds is 5. The fourth-order valence-electron chi connectivity index (χ4n) is 1.61. The molecule has 1 aromatic rings. The van der Waals surface area contributed by atoms with Crippen LogP contribution in [0.15, 0.2) is 22.7 Å². The molecule has 0 atom stereocenters. The predicted molar refractivity (Wildman–Crippen MR) is 72.1 cm³/mol. The summed E-state index contributed by atoms with van der Waals surface area (Å²) >= 11 is 3.50. The Morgan fingerprint density at radius 2 is 2.00 bits per heavy atom. The third-order valence-electron chi connectivity index (χ3n) is 2.76. The highest BCUT2D eigenvalue weighted by atomic mass is 79.9. The standard InChI is InChI=1S/C13H18BrNO2/c1-4-15(5-2)9-11-7-6-10(8-12(11)14)13(16)17-3/h6-8H,4-5,9H2,1-3H3. The number of carbonyl (C=O) groups excluding carboxylic acids is 1. The number of hydrogen-bond acceptors (Lipinski definition) is 3. The molecule has 17 heavy (non-hydrogen) atoms. The second-order valence-corrected chi connectivity index (χ2v) is 4.61. The molecule has 0 aromatic heterocycles. The molecule has 0 aliphatic carbocycles. The highest BCUT2D eigenvalue weighted by Gasteiger charge is 2.10. The zero-order valence-electron chi connectivity index (χ0n) is 10.5. The van der Waals surface area contributed by atoms with E-state index in [-0.39, 0.29) is 5.97 Å². The quantitative estimate of drug-likeness (QED) is 0.783. The molecular weight excluding hydrogens is 282 g/mol. The highest BCUT2D eigenvalue weighted by Crippen LogP contribution is 2.20. The van der Waals surface area contributed by atoms with E-state index in [9.17, 15) is 4.79 Å². The smallest absolute Gasteiger partial charge is 0.337 e. The second kappa shape index (κ2) is 6.77. The van der Waals surface area contributed by atoms with Crippen molar-refractivity contribution in [1.29, 1.82) is 0 Å². The molecular formula is C13H18BrNO2. The van der Waals surface area contributed by atoms with Crippen LogP contribution in [0, 0.1) is 0 Å². The number of ether oxygens (including phenoxy) is 1. The fourth-order valence-corrected chi connectivity index (χ4v) is 2.11. The molecule has 0 spiro atoms. The molecule has 0 radical (unpaired) electrons. The Morgan fingerprint density at radius 3 is 2.47 bits per heavy atom. The van der Waals surface area contributed by atoms with Gasteiger partial charge in [0.05, 0.1) is 12.7 Å². The first-order valence-electron chi connectivity index (χ1n) is 5.71. The minimum absolute atomic E-state index is 0.305. The molecule has 1 aromatic carbocycles. The third-order valence-corrected chi connectivity index (χ3v) is 3.50. The lowest BCUT2D eigenvalue weighted by atomic mass is 10.1. The van der Waals surface area contributed by atoms with E-state index in [1.54, 1.807) is 6.07 Å². The Bertz CT molecular complexity index is 389. The van der Waals surface area contributed by atoms with E-state index in [0.717, 1.165) is 24.1 Å². The summed E-state index contributed by atoms with van der Waals surface area (Å²) in [4.78, 5) is 13.7. The summed E-state index contributed by atoms with van der Waals surface area (Å²) < 4.78 is 5.64. The van der Waals surface area contributed by atoms with Gasteiger partial charge in [0, 0.05) is 11.0 Å². The van der Waals surface area contributed by atoms with Crippen molar-refractivity contribution in [3.05, 3.63) is 33.8 Å². The second-order valence-electron chi connectivity index (χ2n) is 3.76. The van der Waals surface area contributed by atoms with Crippen molar-refractivity contribution in [1.82, 2.24) is 4.90 Å². The maximum absolute atomic E-state index is 11.4. The third kappa shape index (κ3) is 3.82. The number of halogens is 1. The van der Waals surface area contributed by atoms with Gasteiger partial charge in [0.2, 0.25) is 0 Å². The molecule has 0 N–H and O–H groups in total. The van der Waals surface area contributed by atoms with Gasteiger partial charge in [-0.1, -0.05) is 35.8 Å². The molecule has 1 rings (SSSR count). The van der Waals surface area contributed by atoms with Gasteiger partial charge in [0.25, 0.3) is 0 Å². The lowest BCUT2D eigenvalue weighted by Gasteiger charge is -2.19. The molecule has 0 saturated carbocycles. The zero-order chi connectivity index (χ0) is 12.8. The number of nitrogens with zero attached hydrogens (tertiary/aromatic N) is 1. The predicted octanol–water partition coefficient (Wildman–Crippen LogP) is 3.08. The highest BCUT2D eigenvalue weighted by molar-refractivity contribution is 9.10. The van der Waals surface area contributed by atoms with Crippen LogP contribution in [0.4, 0.5) is 0 Å². The first kappa shape index (κ1) is 14.2. The molecule has 0 fully saturated rings. The lowest BCUT2D eigenvalue weighted by Crippen LogP contribution is -2.22. The van der Waals surface area contributed by atoms with Crippen LogP contribution in [0.5, 0.6) is 0 Å². The maximum atomic E-state index is 11.4. The minimum Gasteiger partial charge on any atom is -0.465 e. The molecule has 0 aliphatic heterocycles. The van der Waals surface area contributed by atoms with Gasteiger partial charge in [-0.3, -0.25) is 4.90 Å². The van der Waals surface area contributed by atoms with Gasteiger partial charge in [-0.25, -0.2) is 4.79 Å². The zero-order valence-corrected chi connectivity index (χ0v) is 12.1. The molecule has 3 nitrogen and oxygen atoms in total. The number of hydrogen-bond donors (Lipinski definition) is 0. The minimum atomic E-state index is -0.305. The number of benzene rings is 1. The summed E-state index contributed by atoms with van der Waals surface area (Å²) in [5.41, 5.74) is 1.75. The van der Waals surface area contributed by atoms with Crippen molar-refractivity contribution in [3.8, 4) is 0 Å². The van der Waals surface area contributed by atoms with Crippen molar-refractivity contribution in [2.24, 2.45) is 0 Å². The van der Waals surface area contributed by atoms with Crippen LogP contribution in [0.1, 0.15) is 29.8 Å². The van der Waals surface area contributed by atoms with Gasteiger partial charge in [0.1, 0.15) is 0 Å². The van der Waals surface area contributed by atoms with Crippen molar-refractivity contribution < 1.29 is 9.53 Å². The fraction of sp³-hybridized carbons (Fsp3) is 0.462. The Kier molecular flexibility index (Phi) is 5.65. The van der Waals surface area contributed by atoms with Crippen LogP contribution in [-0.4, -0.2) is 31.1 Å². The van der Waals surface area contributed by atoms with Gasteiger partial charge >= 0.3 is 5.97 Å². The molecule has 0 aliphatic rings. The SMILES string of the molecule is CCN(CC)Cc1ccc(C(=O)OC)cc1Br. The van der Waals surface area contributed by atoms with E-state index in [4.69, 9.17) is 0 Å². The molecule has 94 valence electrons. The van der Waals surface area contributed by atoms with Crippen LogP contribution in [0.25, 0.3) is 0 Å². The van der Waals surface area contributed by atoms with Crippen molar-refractivity contribution >= 4 is 21.9 Å². The molecule has 0 amide bonds. The van der Waals surface area contributed by atoms with Crippen LogP contribution in [-0.2, 0) is 11.3 Å². The van der Waals surface area contributed by atoms with Gasteiger partial charge in [0.15, 0.2) is 0 Å². The largest absolute Gasteiger partial charge is 0.465 e. The van der Waals surface area contributed by atoms with E-state index in [1.165, 1.54) is 12.7 Å². The first-order valence-corrected chi connectivity index (χ1v) is 6.50. The van der Waals surface area contributed by atoms with Crippen molar-refractivity contribution in [3.63, 3.8) is 0 Å².